The lowest BCUT2D eigenvalue weighted by atomic mass is 9.96. The number of hydrogen-bond acceptors (Lipinski definition) is 4. The topological polar surface area (TPSA) is 69.6 Å². The Labute approximate surface area is 162 Å². The molecule has 1 aliphatic rings. The van der Waals surface area contributed by atoms with Crippen LogP contribution >= 0.6 is 0 Å². The summed E-state index contributed by atoms with van der Waals surface area (Å²) >= 11 is 0. The molecule has 0 saturated carbocycles. The summed E-state index contributed by atoms with van der Waals surface area (Å²) in [5.74, 6) is -0.0267. The molecule has 5 nitrogen and oxygen atoms in total. The van der Waals surface area contributed by atoms with Gasteiger partial charge in [0.25, 0.3) is 10.0 Å². The summed E-state index contributed by atoms with van der Waals surface area (Å²) in [6.45, 7) is 2.99. The Morgan fingerprint density at radius 1 is 1.00 bits per heavy atom. The van der Waals surface area contributed by atoms with Crippen LogP contribution in [0.25, 0.3) is 0 Å². The van der Waals surface area contributed by atoms with Crippen molar-refractivity contribution in [1.82, 2.24) is 5.32 Å². The van der Waals surface area contributed by atoms with Crippen LogP contribution in [0.2, 0.25) is 0 Å². The zero-order valence-corrected chi connectivity index (χ0v) is 16.8. The maximum Gasteiger partial charge on any atom is 0.264 e. The number of rotatable bonds is 7. The first-order valence-electron chi connectivity index (χ1n) is 9.61. The summed E-state index contributed by atoms with van der Waals surface area (Å²) in [5.41, 5.74) is 1.85. The highest BCUT2D eigenvalue weighted by Gasteiger charge is 2.35. The summed E-state index contributed by atoms with van der Waals surface area (Å²) in [6, 6.07) is 12.0. The van der Waals surface area contributed by atoms with Gasteiger partial charge >= 0.3 is 0 Å². The summed E-state index contributed by atoms with van der Waals surface area (Å²) < 4.78 is 27.4. The van der Waals surface area contributed by atoms with E-state index in [2.05, 4.69) is 12.2 Å². The molecule has 3 rings (SSSR count). The number of nitrogens with zero attached hydrogens (tertiary/aromatic N) is 1. The quantitative estimate of drug-likeness (QED) is 0.698. The van der Waals surface area contributed by atoms with Crippen molar-refractivity contribution in [3.05, 3.63) is 53.6 Å². The molecule has 0 amide bonds. The highest BCUT2D eigenvalue weighted by molar-refractivity contribution is 7.92. The maximum absolute atomic E-state index is 13.1. The molecule has 0 aromatic heterocycles. The van der Waals surface area contributed by atoms with Crippen molar-refractivity contribution in [2.45, 2.75) is 50.0 Å². The number of fused-ring (bicyclic) bond motifs is 2. The van der Waals surface area contributed by atoms with E-state index in [1.807, 2.05) is 18.2 Å². The number of aromatic hydroxyl groups is 1. The van der Waals surface area contributed by atoms with Crippen LogP contribution in [-0.4, -0.2) is 27.1 Å². The second-order valence-corrected chi connectivity index (χ2v) is 8.96. The molecule has 1 atom stereocenters. The van der Waals surface area contributed by atoms with Gasteiger partial charge in [0.15, 0.2) is 0 Å². The Morgan fingerprint density at radius 3 is 2.48 bits per heavy atom. The van der Waals surface area contributed by atoms with Gasteiger partial charge in [-0.05, 0) is 30.7 Å². The van der Waals surface area contributed by atoms with Crippen LogP contribution < -0.4 is 9.62 Å². The predicted molar refractivity (Wildman–Crippen MR) is 109 cm³/mol. The molecule has 27 heavy (non-hydrogen) atoms. The summed E-state index contributed by atoms with van der Waals surface area (Å²) in [7, 11) is -2.24. The normalized spacial score (nSPS) is 17.9. The monoisotopic (exact) mass is 388 g/mol. The van der Waals surface area contributed by atoms with E-state index in [1.54, 1.807) is 18.2 Å². The number of nitrogens with one attached hydrogen (secondary N) is 1. The van der Waals surface area contributed by atoms with E-state index >= 15 is 0 Å². The van der Waals surface area contributed by atoms with Crippen molar-refractivity contribution in [1.29, 1.82) is 0 Å². The standard InChI is InChI=1S/C21H28N2O3S/c1-3-4-5-6-9-15-22-20-16-11-7-8-14-19(16)27(25,26)23(2)21-17(20)12-10-13-18(21)24/h7-8,10-14,20,22,24H,3-6,9,15H2,1-2H3. The lowest BCUT2D eigenvalue weighted by Crippen LogP contribution is -2.26. The molecular formula is C21H28N2O3S. The summed E-state index contributed by atoms with van der Waals surface area (Å²) in [6.07, 6.45) is 5.86. The van der Waals surface area contributed by atoms with Crippen LogP contribution in [0.4, 0.5) is 5.69 Å². The van der Waals surface area contributed by atoms with E-state index in [0.717, 1.165) is 30.5 Å². The minimum absolute atomic E-state index is 0.0267. The third kappa shape index (κ3) is 3.82. The molecule has 0 saturated heterocycles. The minimum atomic E-state index is -3.74. The van der Waals surface area contributed by atoms with Crippen LogP contribution in [-0.2, 0) is 10.0 Å². The van der Waals surface area contributed by atoms with Crippen molar-refractivity contribution in [2.75, 3.05) is 17.9 Å². The Morgan fingerprint density at radius 2 is 1.70 bits per heavy atom. The molecule has 0 spiro atoms. The molecule has 0 fully saturated rings. The van der Waals surface area contributed by atoms with Gasteiger partial charge in [0.1, 0.15) is 5.75 Å². The molecule has 2 N–H and O–H groups in total. The lowest BCUT2D eigenvalue weighted by Gasteiger charge is -2.23. The van der Waals surface area contributed by atoms with Crippen molar-refractivity contribution < 1.29 is 13.5 Å². The van der Waals surface area contributed by atoms with Crippen LogP contribution in [0.3, 0.4) is 0 Å². The molecule has 0 bridgehead atoms. The van der Waals surface area contributed by atoms with Crippen LogP contribution in [0.5, 0.6) is 5.75 Å². The van der Waals surface area contributed by atoms with Crippen molar-refractivity contribution in [2.24, 2.45) is 0 Å². The number of benzene rings is 2. The first-order valence-corrected chi connectivity index (χ1v) is 11.1. The van der Waals surface area contributed by atoms with Gasteiger partial charge in [-0.25, -0.2) is 8.42 Å². The third-order valence-corrected chi connectivity index (χ3v) is 7.00. The van der Waals surface area contributed by atoms with Gasteiger partial charge in [0, 0.05) is 12.6 Å². The molecule has 2 aromatic rings. The maximum atomic E-state index is 13.1. The molecule has 2 aromatic carbocycles. The fourth-order valence-electron chi connectivity index (χ4n) is 3.71. The van der Waals surface area contributed by atoms with E-state index in [-0.39, 0.29) is 16.7 Å². The van der Waals surface area contributed by atoms with Gasteiger partial charge in [-0.2, -0.15) is 0 Å². The van der Waals surface area contributed by atoms with E-state index < -0.39 is 10.0 Å². The highest BCUT2D eigenvalue weighted by atomic mass is 32.2. The van der Waals surface area contributed by atoms with Gasteiger partial charge in [0.2, 0.25) is 0 Å². The third-order valence-electron chi connectivity index (χ3n) is 5.17. The fourth-order valence-corrected chi connectivity index (χ4v) is 5.18. The van der Waals surface area contributed by atoms with Crippen molar-refractivity contribution >= 4 is 15.7 Å². The summed E-state index contributed by atoms with van der Waals surface area (Å²) in [5, 5.41) is 13.9. The van der Waals surface area contributed by atoms with Gasteiger partial charge in [-0.15, -0.1) is 0 Å². The minimum Gasteiger partial charge on any atom is -0.506 e. The molecule has 1 aliphatic heterocycles. The predicted octanol–water partition coefficient (Wildman–Crippen LogP) is 4.18. The number of unbranched alkanes of at least 4 members (excludes halogenated alkanes) is 4. The Kier molecular flexibility index (Phi) is 6.07. The number of phenols is 1. The van der Waals surface area contributed by atoms with Crippen LogP contribution in [0.1, 0.15) is 56.2 Å². The fraction of sp³-hybridized carbons (Fsp3) is 0.429. The number of hydrogen-bond donors (Lipinski definition) is 2. The smallest absolute Gasteiger partial charge is 0.264 e. The lowest BCUT2D eigenvalue weighted by molar-refractivity contribution is 0.474. The zero-order chi connectivity index (χ0) is 19.4. The molecule has 6 heteroatoms. The van der Waals surface area contributed by atoms with E-state index in [0.29, 0.717) is 5.69 Å². The Hall–Kier alpha value is -2.05. The average Bonchev–Trinajstić information content (AvgIpc) is 2.73. The zero-order valence-electron chi connectivity index (χ0n) is 16.0. The summed E-state index contributed by atoms with van der Waals surface area (Å²) in [4.78, 5) is 0.284. The molecule has 1 unspecified atom stereocenters. The number of para-hydroxylation sites is 1. The van der Waals surface area contributed by atoms with Gasteiger partial charge in [0.05, 0.1) is 16.6 Å². The molecule has 0 radical (unpaired) electrons. The van der Waals surface area contributed by atoms with Gasteiger partial charge in [-0.1, -0.05) is 62.9 Å². The second-order valence-electron chi connectivity index (χ2n) is 7.03. The number of sulfonamides is 1. The Bertz CT molecular complexity index is 896. The van der Waals surface area contributed by atoms with Crippen molar-refractivity contribution in [3.8, 4) is 5.75 Å². The number of phenolic OH excluding ortho intramolecular Hbond substituents is 1. The Balaban J connectivity index is 1.99. The molecular weight excluding hydrogens is 360 g/mol. The van der Waals surface area contributed by atoms with E-state index in [9.17, 15) is 13.5 Å². The van der Waals surface area contributed by atoms with E-state index in [4.69, 9.17) is 0 Å². The molecule has 146 valence electrons. The average molecular weight is 389 g/mol. The van der Waals surface area contributed by atoms with E-state index in [1.165, 1.54) is 36.7 Å². The SMILES string of the molecule is CCCCCCCNC1c2ccccc2S(=O)(=O)N(C)c2c(O)cccc21. The largest absolute Gasteiger partial charge is 0.506 e. The highest BCUT2D eigenvalue weighted by Crippen LogP contribution is 2.43. The van der Waals surface area contributed by atoms with Gasteiger partial charge < -0.3 is 10.4 Å². The van der Waals surface area contributed by atoms with Gasteiger partial charge in [-0.3, -0.25) is 4.31 Å². The molecule has 0 aliphatic carbocycles. The second kappa shape index (κ2) is 8.31. The van der Waals surface area contributed by atoms with Crippen LogP contribution in [0, 0.1) is 0 Å². The molecule has 1 heterocycles. The number of anilines is 1. The van der Waals surface area contributed by atoms with Crippen molar-refractivity contribution in [3.63, 3.8) is 0 Å². The first-order chi connectivity index (χ1) is 13.0. The first kappa shape index (κ1) is 19.7. The van der Waals surface area contributed by atoms with Crippen LogP contribution in [0.15, 0.2) is 47.4 Å².